The van der Waals surface area contributed by atoms with Gasteiger partial charge >= 0.3 is 0 Å². The van der Waals surface area contributed by atoms with Crippen LogP contribution >= 0.6 is 11.3 Å². The molecule has 2 nitrogen and oxygen atoms in total. The molecule has 1 aromatic heterocycles. The highest BCUT2D eigenvalue weighted by Gasteiger charge is 2.51. The molecular formula is C18H22N2S. The number of benzene rings is 1. The van der Waals surface area contributed by atoms with Crippen molar-refractivity contribution in [3.8, 4) is 0 Å². The Hall–Kier alpha value is -1.09. The van der Waals surface area contributed by atoms with E-state index in [1.807, 2.05) is 0 Å². The van der Waals surface area contributed by atoms with Gasteiger partial charge in [0.2, 0.25) is 0 Å². The summed E-state index contributed by atoms with van der Waals surface area (Å²) in [6.07, 6.45) is 11.3. The molecule has 2 unspecified atom stereocenters. The van der Waals surface area contributed by atoms with Crippen LogP contribution in [0.25, 0.3) is 10.2 Å². The van der Waals surface area contributed by atoms with Gasteiger partial charge < -0.3 is 5.73 Å². The van der Waals surface area contributed by atoms with Crippen LogP contribution in [0, 0.1) is 11.8 Å². The Balaban J connectivity index is 1.79. The van der Waals surface area contributed by atoms with Crippen molar-refractivity contribution < 1.29 is 0 Å². The van der Waals surface area contributed by atoms with Crippen LogP contribution in [0.15, 0.2) is 12.1 Å². The average molecular weight is 298 g/mol. The summed E-state index contributed by atoms with van der Waals surface area (Å²) >= 11 is 1.71. The molecule has 110 valence electrons. The quantitative estimate of drug-likeness (QED) is 0.768. The third-order valence-corrected chi connectivity index (χ3v) is 7.50. The Morgan fingerprint density at radius 2 is 2.05 bits per heavy atom. The Kier molecular flexibility index (Phi) is 2.50. The van der Waals surface area contributed by atoms with Gasteiger partial charge in [-0.15, -0.1) is 0 Å². The topological polar surface area (TPSA) is 38.9 Å². The number of nitrogen functional groups attached to an aromatic ring is 1. The number of nitrogens with zero attached hydrogens (tertiary/aromatic N) is 1. The van der Waals surface area contributed by atoms with Crippen molar-refractivity contribution in [2.24, 2.45) is 11.8 Å². The Bertz CT molecular complexity index is 715. The second kappa shape index (κ2) is 4.22. The SMILES string of the molecule is Nc1nc2ccc3c(c2s1)C[C@H]1CCCC32CCCCC12. The molecule has 3 heteroatoms. The maximum Gasteiger partial charge on any atom is 0.181 e. The molecule has 3 atom stereocenters. The van der Waals surface area contributed by atoms with Gasteiger partial charge in [0.1, 0.15) is 0 Å². The molecule has 0 saturated heterocycles. The fourth-order valence-electron chi connectivity index (χ4n) is 5.85. The molecule has 2 fully saturated rings. The lowest BCUT2D eigenvalue weighted by atomic mass is 9.49. The first kappa shape index (κ1) is 12.5. The van der Waals surface area contributed by atoms with Crippen molar-refractivity contribution in [3.05, 3.63) is 23.3 Å². The lowest BCUT2D eigenvalue weighted by Gasteiger charge is -2.55. The van der Waals surface area contributed by atoms with Gasteiger partial charge in [-0.05, 0) is 66.5 Å². The second-order valence-electron chi connectivity index (χ2n) is 7.36. The predicted octanol–water partition coefficient (Wildman–Crippen LogP) is 4.66. The van der Waals surface area contributed by atoms with Crippen molar-refractivity contribution in [2.75, 3.05) is 5.73 Å². The minimum Gasteiger partial charge on any atom is -0.375 e. The normalized spacial score (nSPS) is 34.5. The van der Waals surface area contributed by atoms with E-state index in [2.05, 4.69) is 17.1 Å². The number of fused-ring (bicyclic) bond motifs is 3. The minimum atomic E-state index is 0.502. The number of hydrogen-bond acceptors (Lipinski definition) is 3. The van der Waals surface area contributed by atoms with Crippen LogP contribution in [-0.4, -0.2) is 4.98 Å². The number of aromatic nitrogens is 1. The Morgan fingerprint density at radius 3 is 3.00 bits per heavy atom. The first-order valence-corrected chi connectivity index (χ1v) is 9.28. The summed E-state index contributed by atoms with van der Waals surface area (Å²) in [5, 5.41) is 0.729. The molecule has 5 rings (SSSR count). The molecule has 3 aliphatic carbocycles. The fraction of sp³-hybridized carbons (Fsp3) is 0.611. The molecular weight excluding hydrogens is 276 g/mol. The predicted molar refractivity (Wildman–Crippen MR) is 88.7 cm³/mol. The fourth-order valence-corrected chi connectivity index (χ4v) is 6.74. The highest BCUT2D eigenvalue weighted by Crippen LogP contribution is 2.59. The molecule has 3 aliphatic rings. The zero-order valence-corrected chi connectivity index (χ0v) is 13.2. The van der Waals surface area contributed by atoms with Crippen LogP contribution in [0.4, 0.5) is 5.13 Å². The van der Waals surface area contributed by atoms with E-state index in [4.69, 9.17) is 5.73 Å². The van der Waals surface area contributed by atoms with E-state index in [1.165, 1.54) is 56.1 Å². The molecule has 1 heterocycles. The van der Waals surface area contributed by atoms with Gasteiger partial charge in [-0.3, -0.25) is 0 Å². The number of thiazole rings is 1. The second-order valence-corrected chi connectivity index (χ2v) is 8.39. The van der Waals surface area contributed by atoms with Crippen LogP contribution in [0.3, 0.4) is 0 Å². The highest BCUT2D eigenvalue weighted by molar-refractivity contribution is 7.22. The molecule has 0 aliphatic heterocycles. The molecule has 2 N–H and O–H groups in total. The summed E-state index contributed by atoms with van der Waals surface area (Å²) in [4.78, 5) is 4.51. The molecule has 0 spiro atoms. The number of nitrogens with two attached hydrogens (primary N) is 1. The molecule has 21 heavy (non-hydrogen) atoms. The van der Waals surface area contributed by atoms with Gasteiger partial charge in [-0.25, -0.2) is 4.98 Å². The first-order valence-electron chi connectivity index (χ1n) is 8.46. The summed E-state index contributed by atoms with van der Waals surface area (Å²) in [5.41, 5.74) is 10.9. The molecule has 2 bridgehead atoms. The highest BCUT2D eigenvalue weighted by atomic mass is 32.1. The van der Waals surface area contributed by atoms with E-state index < -0.39 is 0 Å². The number of anilines is 1. The molecule has 1 aromatic carbocycles. The Labute approximate surface area is 129 Å². The summed E-state index contributed by atoms with van der Waals surface area (Å²) in [5.74, 6) is 1.87. The average Bonchev–Trinajstić information content (AvgIpc) is 2.87. The standard InChI is InChI=1S/C18H22N2S/c19-17-20-15-7-6-14-12(16(15)21-17)10-11-4-3-9-18(14)8-2-1-5-13(11)18/h6-7,11,13H,1-5,8-10H2,(H2,19,20)/t11-,13?,18?/m1/s1. The smallest absolute Gasteiger partial charge is 0.181 e. The summed E-state index contributed by atoms with van der Waals surface area (Å²) < 4.78 is 1.39. The van der Waals surface area contributed by atoms with E-state index in [-0.39, 0.29) is 0 Å². The van der Waals surface area contributed by atoms with Gasteiger partial charge in [0.15, 0.2) is 5.13 Å². The van der Waals surface area contributed by atoms with Gasteiger partial charge in [0.25, 0.3) is 0 Å². The van der Waals surface area contributed by atoms with Crippen LogP contribution in [-0.2, 0) is 11.8 Å². The molecule has 0 radical (unpaired) electrons. The molecule has 0 amide bonds. The van der Waals surface area contributed by atoms with Crippen LogP contribution in [0.2, 0.25) is 0 Å². The maximum absolute atomic E-state index is 5.98. The van der Waals surface area contributed by atoms with E-state index in [1.54, 1.807) is 22.5 Å². The minimum absolute atomic E-state index is 0.502. The number of rotatable bonds is 0. The van der Waals surface area contributed by atoms with E-state index in [0.29, 0.717) is 5.41 Å². The summed E-state index contributed by atoms with van der Waals surface area (Å²) in [7, 11) is 0. The van der Waals surface area contributed by atoms with Crippen molar-refractivity contribution in [3.63, 3.8) is 0 Å². The van der Waals surface area contributed by atoms with E-state index in [0.717, 1.165) is 22.5 Å². The van der Waals surface area contributed by atoms with Crippen LogP contribution in [0.5, 0.6) is 0 Å². The third-order valence-electron chi connectivity index (χ3n) is 6.54. The lowest BCUT2D eigenvalue weighted by Crippen LogP contribution is -2.49. The van der Waals surface area contributed by atoms with Crippen molar-refractivity contribution >= 4 is 26.7 Å². The van der Waals surface area contributed by atoms with E-state index in [9.17, 15) is 0 Å². The molecule has 2 saturated carbocycles. The van der Waals surface area contributed by atoms with Gasteiger partial charge in [-0.1, -0.05) is 36.7 Å². The summed E-state index contributed by atoms with van der Waals surface area (Å²) in [6.45, 7) is 0. The zero-order valence-electron chi connectivity index (χ0n) is 12.4. The van der Waals surface area contributed by atoms with Crippen molar-refractivity contribution in [2.45, 2.75) is 56.8 Å². The Morgan fingerprint density at radius 1 is 1.14 bits per heavy atom. The number of hydrogen-bond donors (Lipinski definition) is 1. The van der Waals surface area contributed by atoms with Crippen LogP contribution in [0.1, 0.15) is 56.1 Å². The lowest BCUT2D eigenvalue weighted by molar-refractivity contribution is 0.0528. The van der Waals surface area contributed by atoms with Gasteiger partial charge in [-0.2, -0.15) is 0 Å². The van der Waals surface area contributed by atoms with Crippen molar-refractivity contribution in [1.82, 2.24) is 4.98 Å². The van der Waals surface area contributed by atoms with Gasteiger partial charge in [0, 0.05) is 0 Å². The van der Waals surface area contributed by atoms with E-state index >= 15 is 0 Å². The zero-order chi connectivity index (χ0) is 14.0. The van der Waals surface area contributed by atoms with Gasteiger partial charge in [0.05, 0.1) is 10.2 Å². The van der Waals surface area contributed by atoms with Crippen molar-refractivity contribution in [1.29, 1.82) is 0 Å². The summed E-state index contributed by atoms with van der Waals surface area (Å²) in [6, 6.07) is 4.65. The van der Waals surface area contributed by atoms with Crippen LogP contribution < -0.4 is 5.73 Å². The maximum atomic E-state index is 5.98. The monoisotopic (exact) mass is 298 g/mol. The molecule has 2 aromatic rings. The third kappa shape index (κ3) is 1.56. The first-order chi connectivity index (χ1) is 10.3. The largest absolute Gasteiger partial charge is 0.375 e.